The highest BCUT2D eigenvalue weighted by atomic mass is 79.9. The molecule has 0 spiro atoms. The van der Waals surface area contributed by atoms with E-state index in [2.05, 4.69) is 44.3 Å². The van der Waals surface area contributed by atoms with E-state index in [-0.39, 0.29) is 5.92 Å². The van der Waals surface area contributed by atoms with Crippen molar-refractivity contribution in [3.05, 3.63) is 52.2 Å². The zero-order valence-corrected chi connectivity index (χ0v) is 15.3. The molecule has 2 aliphatic carbocycles. The number of nitrogens with zero attached hydrogens (tertiary/aromatic N) is 2. The molecule has 0 radical (unpaired) electrons. The maximum atomic E-state index is 5.89. The number of hydrogen-bond acceptors (Lipinski definition) is 4. The van der Waals surface area contributed by atoms with Gasteiger partial charge in [-0.05, 0) is 55.7 Å². The lowest BCUT2D eigenvalue weighted by atomic mass is 9.85. The van der Waals surface area contributed by atoms with Crippen LogP contribution in [0.3, 0.4) is 0 Å². The number of hydrogen-bond donors (Lipinski definition) is 0. The van der Waals surface area contributed by atoms with Gasteiger partial charge >= 0.3 is 0 Å². The predicted molar refractivity (Wildman–Crippen MR) is 95.4 cm³/mol. The van der Waals surface area contributed by atoms with Gasteiger partial charge in [0.15, 0.2) is 0 Å². The van der Waals surface area contributed by atoms with Crippen LogP contribution in [0.4, 0.5) is 0 Å². The Morgan fingerprint density at radius 3 is 2.50 bits per heavy atom. The first-order valence-electron chi connectivity index (χ1n) is 8.56. The van der Waals surface area contributed by atoms with Gasteiger partial charge in [0, 0.05) is 10.4 Å². The Bertz CT molecular complexity index is 734. The van der Waals surface area contributed by atoms with Gasteiger partial charge in [-0.15, -0.1) is 10.2 Å². The zero-order chi connectivity index (χ0) is 16.5. The van der Waals surface area contributed by atoms with Gasteiger partial charge in [0.05, 0.1) is 13.0 Å². The number of aromatic nitrogens is 2. The lowest BCUT2D eigenvalue weighted by molar-refractivity contribution is 0.401. The van der Waals surface area contributed by atoms with Crippen LogP contribution in [0.5, 0.6) is 5.75 Å². The fraction of sp³-hybridized carbons (Fsp3) is 0.474. The Morgan fingerprint density at radius 1 is 1.08 bits per heavy atom. The number of ether oxygens (including phenoxy) is 1. The van der Waals surface area contributed by atoms with Crippen molar-refractivity contribution >= 4 is 15.9 Å². The molecule has 2 aromatic rings. The van der Waals surface area contributed by atoms with E-state index >= 15 is 0 Å². The smallest absolute Gasteiger partial charge is 0.224 e. The molecule has 2 atom stereocenters. The molecule has 1 aromatic heterocycles. The minimum absolute atomic E-state index is 0.220. The van der Waals surface area contributed by atoms with Crippen LogP contribution in [0.1, 0.15) is 54.9 Å². The largest absolute Gasteiger partial charge is 0.497 e. The third-order valence-electron chi connectivity index (χ3n) is 4.89. The van der Waals surface area contributed by atoms with Crippen molar-refractivity contribution in [3.8, 4) is 5.75 Å². The fourth-order valence-electron chi connectivity index (χ4n) is 3.29. The molecule has 1 aromatic carbocycles. The van der Waals surface area contributed by atoms with Gasteiger partial charge < -0.3 is 9.15 Å². The summed E-state index contributed by atoms with van der Waals surface area (Å²) < 4.78 is 12.3. The summed E-state index contributed by atoms with van der Waals surface area (Å²) in [6, 6.07) is 8.34. The predicted octanol–water partition coefficient (Wildman–Crippen LogP) is 4.97. The Labute approximate surface area is 150 Å². The summed E-state index contributed by atoms with van der Waals surface area (Å²) in [5.41, 5.74) is 1.34. The van der Waals surface area contributed by atoms with Crippen molar-refractivity contribution in [1.29, 1.82) is 0 Å². The third-order valence-corrected chi connectivity index (χ3v) is 5.71. The van der Waals surface area contributed by atoms with Crippen LogP contribution < -0.4 is 4.74 Å². The second-order valence-corrected chi connectivity index (χ2v) is 7.66. The Kier molecular flexibility index (Phi) is 4.44. The molecular weight excluding hydrogens is 368 g/mol. The van der Waals surface area contributed by atoms with Crippen molar-refractivity contribution in [2.75, 3.05) is 7.11 Å². The number of rotatable bonds is 5. The Balaban J connectivity index is 1.43. The van der Waals surface area contributed by atoms with Gasteiger partial charge in [-0.2, -0.15) is 0 Å². The number of benzene rings is 1. The summed E-state index contributed by atoms with van der Waals surface area (Å²) in [7, 11) is 1.70. The van der Waals surface area contributed by atoms with E-state index in [0.29, 0.717) is 11.8 Å². The van der Waals surface area contributed by atoms with Crippen LogP contribution in [0.2, 0.25) is 0 Å². The van der Waals surface area contributed by atoms with Crippen LogP contribution in [0.25, 0.3) is 0 Å². The molecule has 0 N–H and O–H groups in total. The third kappa shape index (κ3) is 3.41. The molecule has 0 bridgehead atoms. The summed E-state index contributed by atoms with van der Waals surface area (Å²) in [5, 5.41) is 8.49. The van der Waals surface area contributed by atoms with Gasteiger partial charge in [-0.1, -0.05) is 34.1 Å². The number of methoxy groups -OCH3 is 1. The zero-order valence-electron chi connectivity index (χ0n) is 13.7. The average molecular weight is 389 g/mol. The van der Waals surface area contributed by atoms with Crippen LogP contribution in [-0.2, 0) is 6.42 Å². The maximum Gasteiger partial charge on any atom is 0.224 e. The molecule has 1 fully saturated rings. The number of halogens is 1. The van der Waals surface area contributed by atoms with Crippen molar-refractivity contribution in [2.24, 2.45) is 5.92 Å². The molecule has 0 aliphatic heterocycles. The van der Waals surface area contributed by atoms with E-state index in [1.807, 2.05) is 12.1 Å². The topological polar surface area (TPSA) is 48.2 Å². The molecule has 2 unspecified atom stereocenters. The molecule has 126 valence electrons. The molecule has 24 heavy (non-hydrogen) atoms. The minimum atomic E-state index is 0.220. The average Bonchev–Trinajstić information content (AvgIpc) is 3.34. The standard InChI is InChI=1S/C19H21BrN2O2/c1-23-15-7-2-12(3-8-15)10-13-4-9-16(17(20)11-13)19-22-21-18(24-19)14-5-6-14/h2-3,7-8,11,13-14,16H,4-6,9-10H2,1H3. The second kappa shape index (κ2) is 6.71. The first-order valence-corrected chi connectivity index (χ1v) is 9.35. The molecule has 4 nitrogen and oxygen atoms in total. The van der Waals surface area contributed by atoms with E-state index in [1.54, 1.807) is 7.11 Å². The van der Waals surface area contributed by atoms with E-state index in [9.17, 15) is 0 Å². The molecule has 5 heteroatoms. The van der Waals surface area contributed by atoms with E-state index in [0.717, 1.165) is 36.8 Å². The molecule has 0 amide bonds. The van der Waals surface area contributed by atoms with Crippen molar-refractivity contribution in [1.82, 2.24) is 10.2 Å². The van der Waals surface area contributed by atoms with E-state index in [4.69, 9.17) is 9.15 Å². The molecule has 2 aliphatic rings. The fourth-order valence-corrected chi connectivity index (χ4v) is 4.09. The van der Waals surface area contributed by atoms with Gasteiger partial charge in [0.2, 0.25) is 11.8 Å². The quantitative estimate of drug-likeness (QED) is 0.725. The number of allylic oxidation sites excluding steroid dienone is 2. The summed E-state index contributed by atoms with van der Waals surface area (Å²) in [6.07, 6.45) is 7.92. The van der Waals surface area contributed by atoms with Crippen LogP contribution in [-0.4, -0.2) is 17.3 Å². The van der Waals surface area contributed by atoms with E-state index in [1.165, 1.54) is 22.9 Å². The molecule has 1 heterocycles. The lowest BCUT2D eigenvalue weighted by Gasteiger charge is -2.24. The summed E-state index contributed by atoms with van der Waals surface area (Å²) in [4.78, 5) is 0. The van der Waals surface area contributed by atoms with Crippen LogP contribution >= 0.6 is 15.9 Å². The SMILES string of the molecule is COc1ccc(CC2C=C(Br)C(c3nnc(C4CC4)o3)CC2)cc1. The normalized spacial score (nSPS) is 23.8. The van der Waals surface area contributed by atoms with Crippen LogP contribution in [0, 0.1) is 5.92 Å². The van der Waals surface area contributed by atoms with Crippen molar-refractivity contribution in [3.63, 3.8) is 0 Å². The Hall–Kier alpha value is -1.62. The van der Waals surface area contributed by atoms with Gasteiger partial charge in [0.25, 0.3) is 0 Å². The van der Waals surface area contributed by atoms with Gasteiger partial charge in [-0.25, -0.2) is 0 Å². The van der Waals surface area contributed by atoms with Crippen molar-refractivity contribution < 1.29 is 9.15 Å². The monoisotopic (exact) mass is 388 g/mol. The summed E-state index contributed by atoms with van der Waals surface area (Å²) in [5.74, 6) is 3.77. The molecular formula is C19H21BrN2O2. The highest BCUT2D eigenvalue weighted by Crippen LogP contribution is 2.43. The molecule has 4 rings (SSSR count). The second-order valence-electron chi connectivity index (χ2n) is 6.75. The highest BCUT2D eigenvalue weighted by molar-refractivity contribution is 9.11. The lowest BCUT2D eigenvalue weighted by Crippen LogP contribution is -2.13. The van der Waals surface area contributed by atoms with Crippen molar-refractivity contribution in [2.45, 2.75) is 43.9 Å². The molecule has 1 saturated carbocycles. The molecule has 0 saturated heterocycles. The maximum absolute atomic E-state index is 5.89. The van der Waals surface area contributed by atoms with Gasteiger partial charge in [0.1, 0.15) is 5.75 Å². The van der Waals surface area contributed by atoms with Crippen LogP contribution in [0.15, 0.2) is 39.2 Å². The summed E-state index contributed by atoms with van der Waals surface area (Å²) in [6.45, 7) is 0. The van der Waals surface area contributed by atoms with E-state index < -0.39 is 0 Å². The first kappa shape index (κ1) is 15.9. The van der Waals surface area contributed by atoms with Gasteiger partial charge in [-0.3, -0.25) is 0 Å². The Morgan fingerprint density at radius 2 is 1.83 bits per heavy atom. The highest BCUT2D eigenvalue weighted by Gasteiger charge is 2.32. The first-order chi connectivity index (χ1) is 11.7. The summed E-state index contributed by atoms with van der Waals surface area (Å²) >= 11 is 3.74. The minimum Gasteiger partial charge on any atom is -0.497 e.